The number of hydrogen-bond acceptors (Lipinski definition) is 4. The molecule has 0 spiro atoms. The molecule has 0 saturated carbocycles. The Morgan fingerprint density at radius 3 is 2.26 bits per heavy atom. The summed E-state index contributed by atoms with van der Waals surface area (Å²) in [6, 6.07) is -0.926. The molecule has 110 valence electrons. The predicted molar refractivity (Wildman–Crippen MR) is 73.6 cm³/mol. The van der Waals surface area contributed by atoms with Crippen LogP contribution in [0.4, 0.5) is 0 Å². The highest BCUT2D eigenvalue weighted by molar-refractivity contribution is 5.90. The molecule has 0 rings (SSSR count). The number of likely N-dealkylation sites (N-methyl/N-ethyl adjacent to an activating group) is 1. The molecule has 2 amide bonds. The van der Waals surface area contributed by atoms with E-state index in [9.17, 15) is 14.4 Å². The van der Waals surface area contributed by atoms with Crippen molar-refractivity contribution in [2.75, 3.05) is 13.6 Å². The third kappa shape index (κ3) is 6.33. The molecule has 0 aliphatic rings. The Hall–Kier alpha value is -1.43. The molecule has 2 unspecified atom stereocenters. The second kappa shape index (κ2) is 9.49. The van der Waals surface area contributed by atoms with E-state index in [1.807, 2.05) is 20.8 Å². The Kier molecular flexibility index (Phi) is 8.78. The van der Waals surface area contributed by atoms with Gasteiger partial charge in [0.05, 0.1) is 12.6 Å². The fourth-order valence-electron chi connectivity index (χ4n) is 1.74. The largest absolute Gasteiger partial charge is 0.348 e. The summed E-state index contributed by atoms with van der Waals surface area (Å²) in [7, 11) is 1.72. The van der Waals surface area contributed by atoms with Crippen molar-refractivity contribution in [3.63, 3.8) is 0 Å². The summed E-state index contributed by atoms with van der Waals surface area (Å²) < 4.78 is 0. The third-order valence-electron chi connectivity index (χ3n) is 2.85. The van der Waals surface area contributed by atoms with Crippen LogP contribution in [-0.4, -0.2) is 43.8 Å². The van der Waals surface area contributed by atoms with Gasteiger partial charge < -0.3 is 20.7 Å². The first-order chi connectivity index (χ1) is 8.97. The molecule has 3 N–H and O–H groups in total. The fourth-order valence-corrected chi connectivity index (χ4v) is 1.74. The SMILES string of the molecule is CCCC(NC)C(=O)NC(C(=O)NCC=O)C(C)C. The molecule has 19 heavy (non-hydrogen) atoms. The first kappa shape index (κ1) is 17.6. The lowest BCUT2D eigenvalue weighted by Gasteiger charge is -2.24. The highest BCUT2D eigenvalue weighted by Gasteiger charge is 2.26. The van der Waals surface area contributed by atoms with Gasteiger partial charge in [-0.05, 0) is 19.4 Å². The van der Waals surface area contributed by atoms with Gasteiger partial charge in [-0.25, -0.2) is 0 Å². The van der Waals surface area contributed by atoms with Crippen LogP contribution in [0.25, 0.3) is 0 Å². The van der Waals surface area contributed by atoms with Crippen LogP contribution in [0, 0.1) is 5.92 Å². The average Bonchev–Trinajstić information content (AvgIpc) is 2.38. The van der Waals surface area contributed by atoms with Crippen LogP contribution in [0.3, 0.4) is 0 Å². The topological polar surface area (TPSA) is 87.3 Å². The molecular weight excluding hydrogens is 246 g/mol. The highest BCUT2D eigenvalue weighted by Crippen LogP contribution is 2.04. The predicted octanol–water partition coefficient (Wildman–Crippen LogP) is -0.170. The fraction of sp³-hybridized carbons (Fsp3) is 0.769. The number of carbonyl (C=O) groups is 3. The number of carbonyl (C=O) groups excluding carboxylic acids is 3. The van der Waals surface area contributed by atoms with Crippen molar-refractivity contribution in [2.24, 2.45) is 5.92 Å². The summed E-state index contributed by atoms with van der Waals surface area (Å²) in [4.78, 5) is 34.1. The monoisotopic (exact) mass is 271 g/mol. The molecule has 0 aromatic carbocycles. The van der Waals surface area contributed by atoms with Gasteiger partial charge in [-0.3, -0.25) is 9.59 Å². The summed E-state index contributed by atoms with van der Waals surface area (Å²) in [5.74, 6) is -0.569. The Balaban J connectivity index is 4.60. The number of hydrogen-bond donors (Lipinski definition) is 3. The smallest absolute Gasteiger partial charge is 0.243 e. The minimum atomic E-state index is -0.625. The van der Waals surface area contributed by atoms with Gasteiger partial charge in [0.1, 0.15) is 12.3 Å². The summed E-state index contributed by atoms with van der Waals surface area (Å²) >= 11 is 0. The van der Waals surface area contributed by atoms with E-state index in [1.54, 1.807) is 7.05 Å². The number of nitrogens with one attached hydrogen (secondary N) is 3. The lowest BCUT2D eigenvalue weighted by Crippen LogP contribution is -2.54. The normalized spacial score (nSPS) is 13.7. The molecular formula is C13H25N3O3. The molecule has 2 atom stereocenters. The average molecular weight is 271 g/mol. The molecule has 6 heteroatoms. The molecule has 0 aliphatic carbocycles. The van der Waals surface area contributed by atoms with Crippen molar-refractivity contribution in [3.05, 3.63) is 0 Å². The van der Waals surface area contributed by atoms with Crippen LogP contribution >= 0.6 is 0 Å². The van der Waals surface area contributed by atoms with Gasteiger partial charge in [-0.2, -0.15) is 0 Å². The molecule has 0 saturated heterocycles. The van der Waals surface area contributed by atoms with Crippen LogP contribution < -0.4 is 16.0 Å². The standard InChI is InChI=1S/C13H25N3O3/c1-5-6-10(14-4)12(18)16-11(9(2)3)13(19)15-7-8-17/h8-11,14H,5-7H2,1-4H3,(H,15,19)(H,16,18). The van der Waals surface area contributed by atoms with Crippen LogP contribution in [0.2, 0.25) is 0 Å². The highest BCUT2D eigenvalue weighted by atomic mass is 16.2. The van der Waals surface area contributed by atoms with E-state index in [0.717, 1.165) is 6.42 Å². The Morgan fingerprint density at radius 2 is 1.84 bits per heavy atom. The van der Waals surface area contributed by atoms with Crippen LogP contribution in [-0.2, 0) is 14.4 Å². The van der Waals surface area contributed by atoms with Gasteiger partial charge in [0.15, 0.2) is 0 Å². The molecule has 0 aliphatic heterocycles. The van der Waals surface area contributed by atoms with E-state index in [4.69, 9.17) is 0 Å². The molecule has 0 bridgehead atoms. The molecule has 0 fully saturated rings. The van der Waals surface area contributed by atoms with Gasteiger partial charge >= 0.3 is 0 Å². The van der Waals surface area contributed by atoms with Crippen LogP contribution in [0.1, 0.15) is 33.6 Å². The van der Waals surface area contributed by atoms with E-state index in [-0.39, 0.29) is 30.3 Å². The van der Waals surface area contributed by atoms with Crippen LogP contribution in [0.5, 0.6) is 0 Å². The van der Waals surface area contributed by atoms with Crippen molar-refractivity contribution in [2.45, 2.75) is 45.7 Å². The minimum Gasteiger partial charge on any atom is -0.348 e. The lowest BCUT2D eigenvalue weighted by molar-refractivity contribution is -0.131. The number of aldehydes is 1. The molecule has 6 nitrogen and oxygen atoms in total. The maximum absolute atomic E-state index is 12.0. The summed E-state index contributed by atoms with van der Waals surface area (Å²) in [6.45, 7) is 5.65. The minimum absolute atomic E-state index is 0.0393. The summed E-state index contributed by atoms with van der Waals surface area (Å²) in [6.07, 6.45) is 2.20. The third-order valence-corrected chi connectivity index (χ3v) is 2.85. The first-order valence-corrected chi connectivity index (χ1v) is 6.66. The summed E-state index contributed by atoms with van der Waals surface area (Å²) in [5, 5.41) is 8.13. The zero-order valence-electron chi connectivity index (χ0n) is 12.2. The zero-order valence-corrected chi connectivity index (χ0v) is 12.2. The zero-order chi connectivity index (χ0) is 14.8. The van der Waals surface area contributed by atoms with Gasteiger partial charge in [-0.1, -0.05) is 27.2 Å². The Labute approximate surface area is 114 Å². The quantitative estimate of drug-likeness (QED) is 0.508. The number of rotatable bonds is 9. The maximum Gasteiger partial charge on any atom is 0.243 e. The van der Waals surface area contributed by atoms with E-state index in [2.05, 4.69) is 16.0 Å². The second-order valence-electron chi connectivity index (χ2n) is 4.77. The molecule has 0 heterocycles. The van der Waals surface area contributed by atoms with E-state index >= 15 is 0 Å². The Morgan fingerprint density at radius 1 is 1.21 bits per heavy atom. The van der Waals surface area contributed by atoms with Gasteiger partial charge in [0.25, 0.3) is 0 Å². The van der Waals surface area contributed by atoms with Gasteiger partial charge in [0.2, 0.25) is 11.8 Å². The number of amides is 2. The summed E-state index contributed by atoms with van der Waals surface area (Å²) in [5.41, 5.74) is 0. The van der Waals surface area contributed by atoms with E-state index < -0.39 is 6.04 Å². The first-order valence-electron chi connectivity index (χ1n) is 6.66. The molecule has 0 radical (unpaired) electrons. The van der Waals surface area contributed by atoms with E-state index in [0.29, 0.717) is 12.7 Å². The van der Waals surface area contributed by atoms with E-state index in [1.165, 1.54) is 0 Å². The van der Waals surface area contributed by atoms with Crippen molar-refractivity contribution < 1.29 is 14.4 Å². The van der Waals surface area contributed by atoms with Crippen molar-refractivity contribution in [1.29, 1.82) is 0 Å². The Bertz CT molecular complexity index is 306. The van der Waals surface area contributed by atoms with Gasteiger partial charge in [0, 0.05) is 0 Å². The maximum atomic E-state index is 12.0. The lowest BCUT2D eigenvalue weighted by atomic mass is 10.0. The molecule has 0 aromatic rings. The second-order valence-corrected chi connectivity index (χ2v) is 4.77. The van der Waals surface area contributed by atoms with Crippen molar-refractivity contribution >= 4 is 18.1 Å². The van der Waals surface area contributed by atoms with Gasteiger partial charge in [-0.15, -0.1) is 0 Å². The van der Waals surface area contributed by atoms with Crippen LogP contribution in [0.15, 0.2) is 0 Å². The van der Waals surface area contributed by atoms with Crippen molar-refractivity contribution in [1.82, 2.24) is 16.0 Å². The van der Waals surface area contributed by atoms with Crippen molar-refractivity contribution in [3.8, 4) is 0 Å². The molecule has 0 aromatic heterocycles.